The van der Waals surface area contributed by atoms with Gasteiger partial charge in [-0.25, -0.2) is 4.79 Å². The van der Waals surface area contributed by atoms with Gasteiger partial charge in [-0.05, 0) is 47.9 Å². The summed E-state index contributed by atoms with van der Waals surface area (Å²) in [6, 6.07) is 20.9. The van der Waals surface area contributed by atoms with Crippen LogP contribution in [0.2, 0.25) is 0 Å². The van der Waals surface area contributed by atoms with Crippen LogP contribution < -0.4 is 10.6 Å². The maximum Gasteiger partial charge on any atom is 0.319 e. The molecule has 1 atom stereocenters. The Morgan fingerprint density at radius 2 is 1.62 bits per heavy atom. The number of carbonyl (C=O) groups is 1. The fourth-order valence-electron chi connectivity index (χ4n) is 2.58. The van der Waals surface area contributed by atoms with Crippen molar-refractivity contribution in [3.05, 3.63) is 95.8 Å². The highest BCUT2D eigenvalue weighted by molar-refractivity contribution is 5.89. The minimum atomic E-state index is -0.244. The molecule has 24 heavy (non-hydrogen) atoms. The molecule has 0 saturated carbocycles. The van der Waals surface area contributed by atoms with Gasteiger partial charge in [0.05, 0.1) is 6.04 Å². The molecule has 0 spiro atoms. The number of pyridine rings is 1. The van der Waals surface area contributed by atoms with E-state index in [0.717, 1.165) is 22.4 Å². The summed E-state index contributed by atoms with van der Waals surface area (Å²) >= 11 is 0. The first-order chi connectivity index (χ1) is 11.7. The summed E-state index contributed by atoms with van der Waals surface area (Å²) in [6.07, 6.45) is 3.46. The largest absolute Gasteiger partial charge is 0.327 e. The van der Waals surface area contributed by atoms with E-state index in [-0.39, 0.29) is 12.1 Å². The van der Waals surface area contributed by atoms with Crippen LogP contribution in [0.1, 0.15) is 22.7 Å². The van der Waals surface area contributed by atoms with Crippen LogP contribution in [0.3, 0.4) is 0 Å². The highest BCUT2D eigenvalue weighted by Gasteiger charge is 2.16. The number of rotatable bonds is 4. The lowest BCUT2D eigenvalue weighted by Gasteiger charge is -2.20. The third-order valence-electron chi connectivity index (χ3n) is 3.72. The monoisotopic (exact) mass is 317 g/mol. The number of hydrogen-bond donors (Lipinski definition) is 2. The van der Waals surface area contributed by atoms with Gasteiger partial charge < -0.3 is 10.6 Å². The predicted molar refractivity (Wildman–Crippen MR) is 95.9 cm³/mol. The molecule has 4 nitrogen and oxygen atoms in total. The second kappa shape index (κ2) is 7.42. The first-order valence-electron chi connectivity index (χ1n) is 7.81. The van der Waals surface area contributed by atoms with Crippen LogP contribution in [0.25, 0.3) is 0 Å². The lowest BCUT2D eigenvalue weighted by molar-refractivity contribution is 0.250. The number of amides is 2. The molecule has 1 heterocycles. The van der Waals surface area contributed by atoms with Crippen LogP contribution in [0, 0.1) is 6.92 Å². The van der Waals surface area contributed by atoms with Crippen molar-refractivity contribution in [2.45, 2.75) is 13.0 Å². The van der Waals surface area contributed by atoms with Crippen LogP contribution in [0.15, 0.2) is 79.1 Å². The first-order valence-corrected chi connectivity index (χ1v) is 7.81. The van der Waals surface area contributed by atoms with E-state index in [1.165, 1.54) is 0 Å². The minimum absolute atomic E-state index is 0.237. The Balaban J connectivity index is 1.80. The molecule has 0 aliphatic rings. The molecule has 0 aliphatic carbocycles. The van der Waals surface area contributed by atoms with E-state index in [2.05, 4.69) is 15.6 Å². The van der Waals surface area contributed by atoms with Crippen LogP contribution in [-0.2, 0) is 0 Å². The second-order valence-corrected chi connectivity index (χ2v) is 5.59. The molecule has 0 fully saturated rings. The third-order valence-corrected chi connectivity index (χ3v) is 3.72. The molecular formula is C20H19N3O. The molecule has 120 valence electrons. The highest BCUT2D eigenvalue weighted by Crippen LogP contribution is 2.21. The molecule has 2 aromatic carbocycles. The number of nitrogens with one attached hydrogen (secondary N) is 2. The molecule has 0 saturated heterocycles. The molecule has 2 N–H and O–H groups in total. The van der Waals surface area contributed by atoms with E-state index < -0.39 is 0 Å². The normalized spacial score (nSPS) is 11.5. The van der Waals surface area contributed by atoms with Gasteiger partial charge in [0.2, 0.25) is 0 Å². The van der Waals surface area contributed by atoms with Crippen molar-refractivity contribution in [2.75, 3.05) is 5.32 Å². The summed E-state index contributed by atoms with van der Waals surface area (Å²) in [5.41, 5.74) is 3.87. The molecule has 2 amide bonds. The lowest BCUT2D eigenvalue weighted by Crippen LogP contribution is -2.33. The third kappa shape index (κ3) is 3.98. The number of aryl methyl sites for hydroxylation is 1. The van der Waals surface area contributed by atoms with Gasteiger partial charge in [-0.3, -0.25) is 4.98 Å². The Labute approximate surface area is 141 Å². The standard InChI is InChI=1S/C20H19N3O/c1-15-6-5-9-18(14-15)22-20(24)23-19(16-7-3-2-4-8-16)17-10-12-21-13-11-17/h2-14,19H,1H3,(H2,22,23,24). The van der Waals surface area contributed by atoms with E-state index in [1.807, 2.05) is 73.7 Å². The smallest absolute Gasteiger partial charge is 0.319 e. The van der Waals surface area contributed by atoms with Crippen molar-refractivity contribution in [3.8, 4) is 0 Å². The van der Waals surface area contributed by atoms with Gasteiger partial charge >= 0.3 is 6.03 Å². The molecule has 1 aromatic heterocycles. The van der Waals surface area contributed by atoms with Crippen molar-refractivity contribution < 1.29 is 4.79 Å². The van der Waals surface area contributed by atoms with Gasteiger partial charge in [0.25, 0.3) is 0 Å². The van der Waals surface area contributed by atoms with Gasteiger partial charge in [0.15, 0.2) is 0 Å². The summed E-state index contributed by atoms with van der Waals surface area (Å²) in [4.78, 5) is 16.5. The van der Waals surface area contributed by atoms with Crippen molar-refractivity contribution in [2.24, 2.45) is 0 Å². The zero-order valence-electron chi connectivity index (χ0n) is 13.4. The fraction of sp³-hybridized carbons (Fsp3) is 0.100. The van der Waals surface area contributed by atoms with Crippen LogP contribution in [0.5, 0.6) is 0 Å². The van der Waals surface area contributed by atoms with E-state index >= 15 is 0 Å². The van der Waals surface area contributed by atoms with Gasteiger partial charge in [0.1, 0.15) is 0 Å². The summed E-state index contributed by atoms with van der Waals surface area (Å²) in [5, 5.41) is 5.93. The Morgan fingerprint density at radius 1 is 0.917 bits per heavy atom. The second-order valence-electron chi connectivity index (χ2n) is 5.59. The van der Waals surface area contributed by atoms with Crippen molar-refractivity contribution in [1.29, 1.82) is 0 Å². The lowest BCUT2D eigenvalue weighted by atomic mass is 10.00. The van der Waals surface area contributed by atoms with Gasteiger partial charge in [-0.2, -0.15) is 0 Å². The topological polar surface area (TPSA) is 54.0 Å². The zero-order chi connectivity index (χ0) is 16.8. The van der Waals surface area contributed by atoms with Crippen molar-refractivity contribution in [3.63, 3.8) is 0 Å². The molecule has 0 bridgehead atoms. The van der Waals surface area contributed by atoms with Gasteiger partial charge in [-0.1, -0.05) is 42.5 Å². The van der Waals surface area contributed by atoms with E-state index in [0.29, 0.717) is 0 Å². The quantitative estimate of drug-likeness (QED) is 0.753. The fourth-order valence-corrected chi connectivity index (χ4v) is 2.58. The Kier molecular flexibility index (Phi) is 4.87. The van der Waals surface area contributed by atoms with Crippen molar-refractivity contribution in [1.82, 2.24) is 10.3 Å². The number of anilines is 1. The van der Waals surface area contributed by atoms with Gasteiger partial charge in [0, 0.05) is 18.1 Å². The van der Waals surface area contributed by atoms with Crippen LogP contribution in [-0.4, -0.2) is 11.0 Å². The van der Waals surface area contributed by atoms with E-state index in [1.54, 1.807) is 12.4 Å². The minimum Gasteiger partial charge on any atom is -0.327 e. The number of benzene rings is 2. The predicted octanol–water partition coefficient (Wildman–Crippen LogP) is 4.30. The SMILES string of the molecule is Cc1cccc(NC(=O)NC(c2ccccc2)c2ccncc2)c1. The zero-order valence-corrected chi connectivity index (χ0v) is 13.4. The number of urea groups is 1. The number of carbonyl (C=O) groups excluding carboxylic acids is 1. The maximum atomic E-state index is 12.4. The Hall–Kier alpha value is -3.14. The average molecular weight is 317 g/mol. The molecule has 3 aromatic rings. The van der Waals surface area contributed by atoms with Crippen LogP contribution in [0.4, 0.5) is 10.5 Å². The first kappa shape index (κ1) is 15.7. The molecule has 4 heteroatoms. The Bertz CT molecular complexity index is 764. The molecule has 0 aliphatic heterocycles. The summed E-state index contributed by atoms with van der Waals surface area (Å²) in [7, 11) is 0. The molecule has 1 unspecified atom stereocenters. The summed E-state index contributed by atoms with van der Waals surface area (Å²) < 4.78 is 0. The van der Waals surface area contributed by atoms with Gasteiger partial charge in [-0.15, -0.1) is 0 Å². The molecular weight excluding hydrogens is 298 g/mol. The number of hydrogen-bond acceptors (Lipinski definition) is 2. The molecule has 3 rings (SSSR count). The highest BCUT2D eigenvalue weighted by atomic mass is 16.2. The summed E-state index contributed by atoms with van der Waals surface area (Å²) in [6.45, 7) is 1.99. The van der Waals surface area contributed by atoms with Crippen molar-refractivity contribution >= 4 is 11.7 Å². The van der Waals surface area contributed by atoms with E-state index in [9.17, 15) is 4.79 Å². The van der Waals surface area contributed by atoms with Crippen LogP contribution >= 0.6 is 0 Å². The Morgan fingerprint density at radius 3 is 2.33 bits per heavy atom. The number of aromatic nitrogens is 1. The van der Waals surface area contributed by atoms with E-state index in [4.69, 9.17) is 0 Å². The maximum absolute atomic E-state index is 12.4. The molecule has 0 radical (unpaired) electrons. The summed E-state index contributed by atoms with van der Waals surface area (Å²) in [5.74, 6) is 0. The number of nitrogens with zero attached hydrogens (tertiary/aromatic N) is 1. The average Bonchev–Trinajstić information content (AvgIpc) is 2.61.